The Morgan fingerprint density at radius 3 is 2.29 bits per heavy atom. The largest absolute Gasteiger partial charge is 0.304 e. The van der Waals surface area contributed by atoms with Gasteiger partial charge in [-0.1, -0.05) is 0 Å². The van der Waals surface area contributed by atoms with Crippen LogP contribution in [0.25, 0.3) is 0 Å². The maximum atomic E-state index is 4.39. The van der Waals surface area contributed by atoms with E-state index in [4.69, 9.17) is 0 Å². The fraction of sp³-hybridized carbons (Fsp3) is 0.900. The molecule has 0 spiro atoms. The first-order chi connectivity index (χ1) is 6.58. The molecular weight excluding hydrogens is 176 g/mol. The second-order valence-corrected chi connectivity index (χ2v) is 4.27. The van der Waals surface area contributed by atoms with Crippen LogP contribution in [0.15, 0.2) is 5.10 Å². The van der Waals surface area contributed by atoms with Gasteiger partial charge < -0.3 is 4.90 Å². The third-order valence-electron chi connectivity index (χ3n) is 2.37. The van der Waals surface area contributed by atoms with Gasteiger partial charge in [0.25, 0.3) is 0 Å². The van der Waals surface area contributed by atoms with E-state index in [-0.39, 0.29) is 0 Å². The van der Waals surface area contributed by atoms with Crippen molar-refractivity contribution < 1.29 is 0 Å². The minimum absolute atomic E-state index is 0.943. The molecule has 0 aromatic carbocycles. The Morgan fingerprint density at radius 1 is 1.21 bits per heavy atom. The molecule has 1 saturated heterocycles. The van der Waals surface area contributed by atoms with Crippen molar-refractivity contribution in [2.45, 2.75) is 13.8 Å². The molecular formula is C10H22N4. The van der Waals surface area contributed by atoms with E-state index in [0.29, 0.717) is 0 Å². The summed E-state index contributed by atoms with van der Waals surface area (Å²) in [6.07, 6.45) is 0. The summed E-state index contributed by atoms with van der Waals surface area (Å²) in [4.78, 5) is 4.80. The number of rotatable bonds is 3. The van der Waals surface area contributed by atoms with Crippen molar-refractivity contribution in [2.24, 2.45) is 5.10 Å². The highest BCUT2D eigenvalue weighted by molar-refractivity contribution is 5.78. The topological polar surface area (TPSA) is 22.1 Å². The van der Waals surface area contributed by atoms with Gasteiger partial charge in [0.15, 0.2) is 0 Å². The molecule has 1 aliphatic heterocycles. The molecule has 0 aromatic heterocycles. The zero-order valence-electron chi connectivity index (χ0n) is 9.82. The van der Waals surface area contributed by atoms with Crippen molar-refractivity contribution in [3.8, 4) is 0 Å². The third-order valence-corrected chi connectivity index (χ3v) is 2.37. The SMILES string of the molecule is CC(C)=NN(C)CN1CCN(C)CC1. The van der Waals surface area contributed by atoms with Crippen LogP contribution in [0.2, 0.25) is 0 Å². The summed E-state index contributed by atoms with van der Waals surface area (Å²) in [5, 5.41) is 6.40. The third kappa shape index (κ3) is 4.07. The predicted molar refractivity (Wildman–Crippen MR) is 60.5 cm³/mol. The first kappa shape index (κ1) is 11.5. The van der Waals surface area contributed by atoms with E-state index in [1.165, 1.54) is 13.1 Å². The lowest BCUT2D eigenvalue weighted by Gasteiger charge is -2.34. The monoisotopic (exact) mass is 198 g/mol. The van der Waals surface area contributed by atoms with Crippen LogP contribution < -0.4 is 0 Å². The summed E-state index contributed by atoms with van der Waals surface area (Å²) in [7, 11) is 4.21. The molecule has 0 aromatic rings. The van der Waals surface area contributed by atoms with E-state index in [9.17, 15) is 0 Å². The predicted octanol–water partition coefficient (Wildman–Crippen LogP) is 0.519. The number of hydrazone groups is 1. The molecule has 14 heavy (non-hydrogen) atoms. The van der Waals surface area contributed by atoms with Gasteiger partial charge in [-0.15, -0.1) is 0 Å². The lowest BCUT2D eigenvalue weighted by molar-refractivity contribution is 0.0982. The Kier molecular flexibility index (Phi) is 4.35. The average molecular weight is 198 g/mol. The van der Waals surface area contributed by atoms with E-state index < -0.39 is 0 Å². The van der Waals surface area contributed by atoms with E-state index >= 15 is 0 Å². The number of likely N-dealkylation sites (N-methyl/N-ethyl adjacent to an activating group) is 1. The maximum absolute atomic E-state index is 4.39. The van der Waals surface area contributed by atoms with Gasteiger partial charge in [0, 0.05) is 38.9 Å². The molecule has 0 bridgehead atoms. The summed E-state index contributed by atoms with van der Waals surface area (Å²) in [6.45, 7) is 9.64. The van der Waals surface area contributed by atoms with Crippen LogP contribution in [0.1, 0.15) is 13.8 Å². The molecule has 0 aliphatic carbocycles. The Labute approximate surface area is 87.2 Å². The van der Waals surface area contributed by atoms with Crippen molar-refractivity contribution in [1.29, 1.82) is 0 Å². The van der Waals surface area contributed by atoms with Crippen LogP contribution in [0.4, 0.5) is 0 Å². The summed E-state index contributed by atoms with van der Waals surface area (Å²) in [6, 6.07) is 0. The van der Waals surface area contributed by atoms with Gasteiger partial charge in [-0.2, -0.15) is 5.10 Å². The summed E-state index contributed by atoms with van der Waals surface area (Å²) < 4.78 is 0. The van der Waals surface area contributed by atoms with Gasteiger partial charge >= 0.3 is 0 Å². The molecule has 1 heterocycles. The van der Waals surface area contributed by atoms with Crippen LogP contribution in [0.3, 0.4) is 0 Å². The minimum atomic E-state index is 0.943. The van der Waals surface area contributed by atoms with Gasteiger partial charge in [-0.05, 0) is 20.9 Å². The van der Waals surface area contributed by atoms with Crippen molar-refractivity contribution in [2.75, 3.05) is 46.9 Å². The van der Waals surface area contributed by atoms with Gasteiger partial charge in [0.2, 0.25) is 0 Å². The van der Waals surface area contributed by atoms with E-state index in [1.807, 2.05) is 25.9 Å². The number of piperazine rings is 1. The fourth-order valence-corrected chi connectivity index (χ4v) is 1.65. The first-order valence-electron chi connectivity index (χ1n) is 5.22. The lowest BCUT2D eigenvalue weighted by atomic mass is 10.3. The minimum Gasteiger partial charge on any atom is -0.304 e. The summed E-state index contributed by atoms with van der Waals surface area (Å²) in [5.74, 6) is 0. The van der Waals surface area contributed by atoms with Crippen molar-refractivity contribution in [3.05, 3.63) is 0 Å². The quantitative estimate of drug-likeness (QED) is 0.487. The standard InChI is InChI=1S/C10H22N4/c1-10(2)11-13(4)9-14-7-5-12(3)6-8-14/h5-9H2,1-4H3. The van der Waals surface area contributed by atoms with Gasteiger partial charge in [-0.3, -0.25) is 9.91 Å². The maximum Gasteiger partial charge on any atom is 0.0877 e. The second-order valence-electron chi connectivity index (χ2n) is 4.27. The molecule has 0 saturated carbocycles. The van der Waals surface area contributed by atoms with E-state index in [1.54, 1.807) is 0 Å². The summed E-state index contributed by atoms with van der Waals surface area (Å²) >= 11 is 0. The molecule has 1 rings (SSSR count). The van der Waals surface area contributed by atoms with Crippen molar-refractivity contribution in [1.82, 2.24) is 14.8 Å². The molecule has 0 atom stereocenters. The second kappa shape index (κ2) is 5.32. The van der Waals surface area contributed by atoms with Crippen LogP contribution in [-0.4, -0.2) is 67.5 Å². The number of hydrogen-bond acceptors (Lipinski definition) is 4. The molecule has 1 aliphatic rings. The highest BCUT2D eigenvalue weighted by atomic mass is 15.5. The molecule has 0 amide bonds. The van der Waals surface area contributed by atoms with Crippen LogP contribution >= 0.6 is 0 Å². The van der Waals surface area contributed by atoms with Crippen LogP contribution in [0, 0.1) is 0 Å². The fourth-order valence-electron chi connectivity index (χ4n) is 1.65. The average Bonchev–Trinajstić information content (AvgIpc) is 2.07. The van der Waals surface area contributed by atoms with Crippen LogP contribution in [0.5, 0.6) is 0 Å². The van der Waals surface area contributed by atoms with Gasteiger partial charge in [0.05, 0.1) is 6.67 Å². The molecule has 0 unspecified atom stereocenters. The molecule has 82 valence electrons. The molecule has 0 radical (unpaired) electrons. The lowest BCUT2D eigenvalue weighted by Crippen LogP contribution is -2.47. The van der Waals surface area contributed by atoms with Crippen molar-refractivity contribution in [3.63, 3.8) is 0 Å². The molecule has 0 N–H and O–H groups in total. The van der Waals surface area contributed by atoms with Crippen LogP contribution in [-0.2, 0) is 0 Å². The molecule has 1 fully saturated rings. The Hall–Kier alpha value is -0.610. The Balaban J connectivity index is 2.27. The number of nitrogens with zero attached hydrogens (tertiary/aromatic N) is 4. The summed E-state index contributed by atoms with van der Waals surface area (Å²) in [5.41, 5.74) is 1.11. The highest BCUT2D eigenvalue weighted by Gasteiger charge is 2.14. The molecule has 4 nitrogen and oxygen atoms in total. The first-order valence-corrected chi connectivity index (χ1v) is 5.22. The number of hydrogen-bond donors (Lipinski definition) is 0. The Morgan fingerprint density at radius 2 is 1.79 bits per heavy atom. The smallest absolute Gasteiger partial charge is 0.0877 e. The highest BCUT2D eigenvalue weighted by Crippen LogP contribution is 2.00. The zero-order valence-corrected chi connectivity index (χ0v) is 9.82. The Bertz CT molecular complexity index is 190. The normalized spacial score (nSPS) is 19.4. The van der Waals surface area contributed by atoms with Gasteiger partial charge in [-0.25, -0.2) is 0 Å². The molecule has 4 heteroatoms. The van der Waals surface area contributed by atoms with E-state index in [2.05, 4.69) is 21.9 Å². The van der Waals surface area contributed by atoms with Gasteiger partial charge in [0.1, 0.15) is 0 Å². The van der Waals surface area contributed by atoms with Crippen molar-refractivity contribution >= 4 is 5.71 Å². The van der Waals surface area contributed by atoms with E-state index in [0.717, 1.165) is 25.5 Å². The zero-order chi connectivity index (χ0) is 10.6.